The maximum atomic E-state index is 13.5. The molecule has 2 aromatic carbocycles. The van der Waals surface area contributed by atoms with Crippen molar-refractivity contribution in [3.05, 3.63) is 67.2 Å². The van der Waals surface area contributed by atoms with Gasteiger partial charge in [-0.3, -0.25) is 4.79 Å². The van der Waals surface area contributed by atoms with E-state index in [4.69, 9.17) is 0 Å². The Morgan fingerprint density at radius 2 is 1.78 bits per heavy atom. The summed E-state index contributed by atoms with van der Waals surface area (Å²) in [6, 6.07) is 7.95. The van der Waals surface area contributed by atoms with Gasteiger partial charge in [0.2, 0.25) is 0 Å². The quantitative estimate of drug-likeness (QED) is 0.512. The van der Waals surface area contributed by atoms with Crippen LogP contribution in [0.3, 0.4) is 0 Å². The van der Waals surface area contributed by atoms with E-state index in [1.807, 2.05) is 22.6 Å². The van der Waals surface area contributed by atoms with Crippen molar-refractivity contribution >= 4 is 44.3 Å². The lowest BCUT2D eigenvalue weighted by Crippen LogP contribution is -2.07. The summed E-state index contributed by atoms with van der Waals surface area (Å²) < 4.78 is 28.0. The van der Waals surface area contributed by atoms with Crippen molar-refractivity contribution in [1.29, 1.82) is 0 Å². The van der Waals surface area contributed by atoms with Crippen molar-refractivity contribution in [2.45, 2.75) is 0 Å². The molecular formula is C13H6BrF2IO. The van der Waals surface area contributed by atoms with Crippen molar-refractivity contribution in [1.82, 2.24) is 0 Å². The molecule has 92 valence electrons. The van der Waals surface area contributed by atoms with Crippen LogP contribution in [-0.2, 0) is 0 Å². The molecule has 0 amide bonds. The third-order valence-electron chi connectivity index (χ3n) is 2.35. The zero-order valence-corrected chi connectivity index (χ0v) is 12.6. The molecule has 1 nitrogen and oxygen atoms in total. The first-order valence-electron chi connectivity index (χ1n) is 4.94. The molecule has 2 rings (SSSR count). The number of hydrogen-bond acceptors (Lipinski definition) is 1. The van der Waals surface area contributed by atoms with Crippen molar-refractivity contribution < 1.29 is 13.6 Å². The third kappa shape index (κ3) is 2.77. The van der Waals surface area contributed by atoms with Crippen LogP contribution in [-0.4, -0.2) is 5.78 Å². The first kappa shape index (κ1) is 13.6. The van der Waals surface area contributed by atoms with E-state index in [9.17, 15) is 13.6 Å². The molecular weight excluding hydrogens is 417 g/mol. The fourth-order valence-electron chi connectivity index (χ4n) is 1.49. The molecule has 0 N–H and O–H groups in total. The Hall–Kier alpha value is -0.820. The van der Waals surface area contributed by atoms with Crippen LogP contribution in [0.5, 0.6) is 0 Å². The number of benzene rings is 2. The predicted molar refractivity (Wildman–Crippen MR) is 76.6 cm³/mol. The summed E-state index contributed by atoms with van der Waals surface area (Å²) in [6.07, 6.45) is 0. The summed E-state index contributed by atoms with van der Waals surface area (Å²) in [5.41, 5.74) is 0.0838. The topological polar surface area (TPSA) is 17.1 Å². The number of halogens is 4. The molecule has 0 aliphatic rings. The molecule has 0 heterocycles. The van der Waals surface area contributed by atoms with E-state index in [1.54, 1.807) is 18.2 Å². The van der Waals surface area contributed by atoms with Crippen LogP contribution in [0.25, 0.3) is 0 Å². The van der Waals surface area contributed by atoms with Gasteiger partial charge in [-0.2, -0.15) is 0 Å². The lowest BCUT2D eigenvalue weighted by Gasteiger charge is -2.06. The monoisotopic (exact) mass is 422 g/mol. The summed E-state index contributed by atoms with van der Waals surface area (Å²) >= 11 is 5.23. The van der Waals surface area contributed by atoms with E-state index < -0.39 is 17.4 Å². The molecule has 5 heteroatoms. The standard InChI is InChI=1S/C13H6BrF2IO/c14-7-1-4-12(17)10(5-7)13(18)9-6-8(15)2-3-11(9)16/h1-6H. The Labute approximate surface area is 124 Å². The predicted octanol–water partition coefficient (Wildman–Crippen LogP) is 4.56. The number of ketones is 1. The highest BCUT2D eigenvalue weighted by Gasteiger charge is 2.17. The van der Waals surface area contributed by atoms with E-state index in [1.165, 1.54) is 0 Å². The van der Waals surface area contributed by atoms with Gasteiger partial charge in [0.05, 0.1) is 5.56 Å². The van der Waals surface area contributed by atoms with Gasteiger partial charge in [-0.25, -0.2) is 8.78 Å². The molecule has 0 saturated carbocycles. The van der Waals surface area contributed by atoms with Gasteiger partial charge in [0.15, 0.2) is 5.78 Å². The van der Waals surface area contributed by atoms with Crippen molar-refractivity contribution in [2.24, 2.45) is 0 Å². The molecule has 0 atom stereocenters. The van der Waals surface area contributed by atoms with Gasteiger partial charge in [-0.15, -0.1) is 0 Å². The maximum absolute atomic E-state index is 13.5. The fourth-order valence-corrected chi connectivity index (χ4v) is 2.43. The van der Waals surface area contributed by atoms with E-state index in [-0.39, 0.29) is 5.56 Å². The first-order chi connectivity index (χ1) is 8.49. The van der Waals surface area contributed by atoms with Crippen LogP contribution in [0.2, 0.25) is 0 Å². The molecule has 0 fully saturated rings. The minimum atomic E-state index is -0.725. The minimum Gasteiger partial charge on any atom is -0.288 e. The van der Waals surface area contributed by atoms with Gasteiger partial charge >= 0.3 is 0 Å². The smallest absolute Gasteiger partial charge is 0.197 e. The van der Waals surface area contributed by atoms with Crippen molar-refractivity contribution in [3.63, 3.8) is 0 Å². The lowest BCUT2D eigenvalue weighted by atomic mass is 10.0. The Balaban J connectivity index is 2.54. The van der Waals surface area contributed by atoms with Gasteiger partial charge in [-0.1, -0.05) is 15.9 Å². The Morgan fingerprint density at radius 3 is 2.50 bits per heavy atom. The normalized spacial score (nSPS) is 10.4. The van der Waals surface area contributed by atoms with Gasteiger partial charge in [-0.05, 0) is 59.0 Å². The molecule has 0 aliphatic carbocycles. The number of carbonyl (C=O) groups is 1. The molecule has 0 radical (unpaired) electrons. The number of hydrogen-bond donors (Lipinski definition) is 0. The van der Waals surface area contributed by atoms with Crippen LogP contribution in [0.1, 0.15) is 15.9 Å². The highest BCUT2D eigenvalue weighted by molar-refractivity contribution is 14.1. The number of carbonyl (C=O) groups excluding carboxylic acids is 1. The average molecular weight is 423 g/mol. The average Bonchev–Trinajstić information content (AvgIpc) is 2.34. The van der Waals surface area contributed by atoms with Crippen molar-refractivity contribution in [2.75, 3.05) is 0 Å². The summed E-state index contributed by atoms with van der Waals surface area (Å²) in [7, 11) is 0. The second kappa shape index (κ2) is 5.44. The molecule has 18 heavy (non-hydrogen) atoms. The van der Waals surface area contributed by atoms with Crippen LogP contribution in [0.15, 0.2) is 40.9 Å². The van der Waals surface area contributed by atoms with E-state index in [0.29, 0.717) is 13.6 Å². The Morgan fingerprint density at radius 1 is 1.06 bits per heavy atom. The minimum absolute atomic E-state index is 0.258. The van der Waals surface area contributed by atoms with Crippen LogP contribution in [0, 0.1) is 15.2 Å². The SMILES string of the molecule is O=C(c1cc(F)ccc1F)c1cc(Br)ccc1I. The van der Waals surface area contributed by atoms with Crippen LogP contribution >= 0.6 is 38.5 Å². The summed E-state index contributed by atoms with van der Waals surface area (Å²) in [4.78, 5) is 12.2. The van der Waals surface area contributed by atoms with Gasteiger partial charge in [0.1, 0.15) is 11.6 Å². The Kier molecular flexibility index (Phi) is 4.11. The third-order valence-corrected chi connectivity index (χ3v) is 3.78. The summed E-state index contributed by atoms with van der Waals surface area (Å²) in [6.45, 7) is 0. The lowest BCUT2D eigenvalue weighted by molar-refractivity contribution is 0.103. The zero-order chi connectivity index (χ0) is 13.3. The van der Waals surface area contributed by atoms with E-state index in [0.717, 1.165) is 18.2 Å². The largest absolute Gasteiger partial charge is 0.288 e. The van der Waals surface area contributed by atoms with Crippen LogP contribution < -0.4 is 0 Å². The van der Waals surface area contributed by atoms with E-state index in [2.05, 4.69) is 15.9 Å². The van der Waals surface area contributed by atoms with Crippen molar-refractivity contribution in [3.8, 4) is 0 Å². The maximum Gasteiger partial charge on any atom is 0.197 e. The molecule has 0 aromatic heterocycles. The zero-order valence-electron chi connectivity index (χ0n) is 8.88. The molecule has 0 spiro atoms. The first-order valence-corrected chi connectivity index (χ1v) is 6.81. The van der Waals surface area contributed by atoms with Gasteiger partial charge in [0, 0.05) is 13.6 Å². The molecule has 0 bridgehead atoms. The van der Waals surface area contributed by atoms with Gasteiger partial charge < -0.3 is 0 Å². The van der Waals surface area contributed by atoms with Gasteiger partial charge in [0.25, 0.3) is 0 Å². The van der Waals surface area contributed by atoms with Crippen LogP contribution in [0.4, 0.5) is 8.78 Å². The fraction of sp³-hybridized carbons (Fsp3) is 0. The molecule has 0 unspecified atom stereocenters. The molecule has 0 saturated heterocycles. The van der Waals surface area contributed by atoms with E-state index >= 15 is 0 Å². The summed E-state index contributed by atoms with van der Waals surface area (Å²) in [5.74, 6) is -1.89. The second-order valence-corrected chi connectivity index (χ2v) is 5.66. The highest BCUT2D eigenvalue weighted by Crippen LogP contribution is 2.22. The molecule has 2 aromatic rings. The second-order valence-electron chi connectivity index (χ2n) is 3.58. The Bertz CT molecular complexity index is 575. The summed E-state index contributed by atoms with van der Waals surface area (Å²) in [5, 5.41) is 0. The highest BCUT2D eigenvalue weighted by atomic mass is 127. The molecule has 0 aliphatic heterocycles. The number of rotatable bonds is 2.